The van der Waals surface area contributed by atoms with Crippen LogP contribution in [0.2, 0.25) is 0 Å². The minimum Gasteiger partial charge on any atom is -0.487 e. The molecular formula is C27H27N7O6. The first-order chi connectivity index (χ1) is 19.6. The molecule has 13 nitrogen and oxygen atoms in total. The number of hydrogen-bond acceptors (Lipinski definition) is 9. The van der Waals surface area contributed by atoms with Crippen LogP contribution in [0.1, 0.15) is 20.8 Å². The van der Waals surface area contributed by atoms with Gasteiger partial charge in [-0.1, -0.05) is 6.07 Å². The summed E-state index contributed by atoms with van der Waals surface area (Å²) in [6.07, 6.45) is 4.72. The summed E-state index contributed by atoms with van der Waals surface area (Å²) in [6, 6.07) is 10.4. The van der Waals surface area contributed by atoms with Gasteiger partial charge in [-0.05, 0) is 35.7 Å². The van der Waals surface area contributed by atoms with E-state index in [0.717, 1.165) is 10.8 Å². The fourth-order valence-electron chi connectivity index (χ4n) is 3.93. The zero-order valence-corrected chi connectivity index (χ0v) is 21.8. The normalized spacial score (nSPS) is 11.1. The number of carbonyl (C=O) groups is 2. The molecule has 0 atom stereocenters. The first-order valence-electron chi connectivity index (χ1n) is 12.3. The molecule has 0 bridgehead atoms. The monoisotopic (exact) mass is 545 g/mol. The van der Waals surface area contributed by atoms with Gasteiger partial charge in [-0.25, -0.2) is 9.97 Å². The lowest BCUT2D eigenvalue weighted by atomic mass is 10.1. The SMILES string of the molecule is COCCOc1cc2cnc(C(=O)Nc3nc4c(C(=O)Nc5ncc[nH]5)cccc4[nH]3)cc2cc1OCCOC. The second kappa shape index (κ2) is 12.2. The van der Waals surface area contributed by atoms with E-state index < -0.39 is 11.8 Å². The van der Waals surface area contributed by atoms with Gasteiger partial charge in [0.05, 0.1) is 24.3 Å². The van der Waals surface area contributed by atoms with Crippen LogP contribution >= 0.6 is 0 Å². The van der Waals surface area contributed by atoms with E-state index in [-0.39, 0.29) is 11.6 Å². The Bertz CT molecular complexity index is 1630. The summed E-state index contributed by atoms with van der Waals surface area (Å²) in [5.74, 6) is 0.657. The predicted molar refractivity (Wildman–Crippen MR) is 147 cm³/mol. The fraction of sp³-hybridized carbons (Fsp3) is 0.222. The Balaban J connectivity index is 1.36. The number of aromatic nitrogens is 5. The number of pyridine rings is 1. The van der Waals surface area contributed by atoms with Crippen molar-refractivity contribution < 1.29 is 28.5 Å². The molecule has 0 spiro atoms. The average molecular weight is 546 g/mol. The molecule has 0 saturated heterocycles. The minimum atomic E-state index is -0.482. The Kier molecular flexibility index (Phi) is 8.13. The highest BCUT2D eigenvalue weighted by molar-refractivity contribution is 6.11. The van der Waals surface area contributed by atoms with Crippen molar-refractivity contribution >= 4 is 45.5 Å². The molecule has 4 N–H and O–H groups in total. The van der Waals surface area contributed by atoms with Crippen LogP contribution in [0, 0.1) is 0 Å². The number of carbonyl (C=O) groups excluding carboxylic acids is 2. The predicted octanol–water partition coefficient (Wildman–Crippen LogP) is 3.39. The molecule has 0 unspecified atom stereocenters. The molecule has 3 aromatic heterocycles. The van der Waals surface area contributed by atoms with Crippen molar-refractivity contribution in [3.05, 3.63) is 66.2 Å². The van der Waals surface area contributed by atoms with E-state index in [0.29, 0.717) is 60.5 Å². The van der Waals surface area contributed by atoms with E-state index in [1.807, 2.05) is 0 Å². The lowest BCUT2D eigenvalue weighted by Crippen LogP contribution is -2.15. The van der Waals surface area contributed by atoms with Crippen LogP contribution in [0.3, 0.4) is 0 Å². The first-order valence-corrected chi connectivity index (χ1v) is 12.3. The number of imidazole rings is 2. The maximum absolute atomic E-state index is 13.1. The highest BCUT2D eigenvalue weighted by atomic mass is 16.5. The summed E-state index contributed by atoms with van der Waals surface area (Å²) in [5, 5.41) is 6.89. The third-order valence-electron chi connectivity index (χ3n) is 5.83. The van der Waals surface area contributed by atoms with E-state index in [1.165, 1.54) is 6.20 Å². The minimum absolute atomic E-state index is 0.166. The van der Waals surface area contributed by atoms with Crippen LogP contribution in [0.15, 0.2) is 55.0 Å². The highest BCUT2D eigenvalue weighted by Gasteiger charge is 2.17. The standard InChI is InChI=1S/C27H27N7O6/c1-37-8-10-39-21-13-16-12-20(30-15-17(16)14-22(21)40-11-9-38-2)25(36)34-27-31-19-5-3-4-18(23(19)32-27)24(35)33-26-28-6-7-29-26/h3-7,12-15H,8-11H2,1-2H3,(H2,28,29,33,35)(H2,31,32,34,36). The van der Waals surface area contributed by atoms with Crippen molar-refractivity contribution in [1.29, 1.82) is 0 Å². The van der Waals surface area contributed by atoms with Crippen LogP contribution in [0.25, 0.3) is 21.8 Å². The van der Waals surface area contributed by atoms with Gasteiger partial charge in [0.1, 0.15) is 24.4 Å². The number of amides is 2. The number of methoxy groups -OCH3 is 2. The summed E-state index contributed by atoms with van der Waals surface area (Å²) in [7, 11) is 3.19. The van der Waals surface area contributed by atoms with Gasteiger partial charge in [0.2, 0.25) is 11.9 Å². The summed E-state index contributed by atoms with van der Waals surface area (Å²) < 4.78 is 21.8. The number of ether oxygens (including phenoxy) is 4. The van der Waals surface area contributed by atoms with Crippen LogP contribution in [0.4, 0.5) is 11.9 Å². The van der Waals surface area contributed by atoms with Crippen molar-refractivity contribution in [3.63, 3.8) is 0 Å². The van der Waals surface area contributed by atoms with Gasteiger partial charge >= 0.3 is 0 Å². The number of rotatable bonds is 12. The van der Waals surface area contributed by atoms with E-state index in [4.69, 9.17) is 18.9 Å². The summed E-state index contributed by atoms with van der Waals surface area (Å²) >= 11 is 0. The number of hydrogen-bond donors (Lipinski definition) is 4. The lowest BCUT2D eigenvalue weighted by molar-refractivity contribution is 0.101. The molecule has 0 aliphatic carbocycles. The number of H-pyrrole nitrogens is 2. The molecule has 0 aliphatic heterocycles. The molecular weight excluding hydrogens is 518 g/mol. The van der Waals surface area contributed by atoms with Crippen molar-refractivity contribution in [2.45, 2.75) is 0 Å². The quantitative estimate of drug-likeness (QED) is 0.172. The molecule has 206 valence electrons. The maximum atomic E-state index is 13.1. The van der Waals surface area contributed by atoms with Crippen molar-refractivity contribution in [2.75, 3.05) is 51.3 Å². The van der Waals surface area contributed by atoms with Gasteiger partial charge in [-0.3, -0.25) is 25.2 Å². The van der Waals surface area contributed by atoms with Gasteiger partial charge in [-0.15, -0.1) is 0 Å². The number of anilines is 2. The summed E-state index contributed by atoms with van der Waals surface area (Å²) in [6.45, 7) is 1.50. The number of para-hydroxylation sites is 1. The van der Waals surface area contributed by atoms with Crippen molar-refractivity contribution in [2.24, 2.45) is 0 Å². The molecule has 0 radical (unpaired) electrons. The molecule has 40 heavy (non-hydrogen) atoms. The molecule has 5 rings (SSSR count). The van der Waals surface area contributed by atoms with Crippen molar-refractivity contribution in [1.82, 2.24) is 24.9 Å². The smallest absolute Gasteiger partial charge is 0.276 e. The first kappa shape index (κ1) is 26.6. The zero-order valence-electron chi connectivity index (χ0n) is 21.8. The summed E-state index contributed by atoms with van der Waals surface area (Å²) in [5.41, 5.74) is 1.46. The Labute approximate surface area is 228 Å². The van der Waals surface area contributed by atoms with Gasteiger partial charge in [-0.2, -0.15) is 0 Å². The molecule has 3 heterocycles. The Morgan fingerprint density at radius 3 is 2.27 bits per heavy atom. The van der Waals surface area contributed by atoms with Crippen LogP contribution in [0.5, 0.6) is 11.5 Å². The third kappa shape index (κ3) is 6.00. The van der Waals surface area contributed by atoms with E-state index in [9.17, 15) is 9.59 Å². The van der Waals surface area contributed by atoms with Crippen molar-refractivity contribution in [3.8, 4) is 11.5 Å². The van der Waals surface area contributed by atoms with Crippen LogP contribution in [-0.2, 0) is 9.47 Å². The largest absolute Gasteiger partial charge is 0.487 e. The number of aromatic amines is 2. The second-order valence-corrected chi connectivity index (χ2v) is 8.53. The topological polar surface area (TPSA) is 165 Å². The molecule has 0 aliphatic rings. The van der Waals surface area contributed by atoms with Gasteiger partial charge in [0.15, 0.2) is 11.5 Å². The van der Waals surface area contributed by atoms with E-state index in [1.54, 1.807) is 63.0 Å². The summed E-state index contributed by atoms with van der Waals surface area (Å²) in [4.78, 5) is 44.4. The van der Waals surface area contributed by atoms with E-state index in [2.05, 4.69) is 35.6 Å². The molecule has 2 aromatic carbocycles. The number of nitrogens with one attached hydrogen (secondary N) is 4. The highest BCUT2D eigenvalue weighted by Crippen LogP contribution is 2.33. The number of benzene rings is 2. The van der Waals surface area contributed by atoms with Gasteiger partial charge in [0.25, 0.3) is 11.8 Å². The maximum Gasteiger partial charge on any atom is 0.276 e. The third-order valence-corrected chi connectivity index (χ3v) is 5.83. The Morgan fingerprint density at radius 1 is 0.850 bits per heavy atom. The Hall–Kier alpha value is -5.01. The molecule has 13 heteroatoms. The number of nitrogens with zero attached hydrogens (tertiary/aromatic N) is 3. The average Bonchev–Trinajstić information content (AvgIpc) is 3.62. The van der Waals surface area contributed by atoms with Crippen LogP contribution < -0.4 is 20.1 Å². The molecule has 5 aromatic rings. The van der Waals surface area contributed by atoms with Crippen LogP contribution in [-0.4, -0.2) is 77.4 Å². The molecule has 2 amide bonds. The van der Waals surface area contributed by atoms with E-state index >= 15 is 0 Å². The molecule has 0 fully saturated rings. The van der Waals surface area contributed by atoms with Gasteiger partial charge in [0, 0.05) is 38.2 Å². The Morgan fingerprint density at radius 2 is 1.57 bits per heavy atom. The number of fused-ring (bicyclic) bond motifs is 2. The lowest BCUT2D eigenvalue weighted by Gasteiger charge is -2.14. The second-order valence-electron chi connectivity index (χ2n) is 8.53. The zero-order chi connectivity index (χ0) is 27.9. The fourth-order valence-corrected chi connectivity index (χ4v) is 3.93. The van der Waals surface area contributed by atoms with Gasteiger partial charge < -0.3 is 28.9 Å². The molecule has 0 saturated carbocycles.